The molecular formula is C20H18N2O5S. The molecule has 8 heteroatoms. The van der Waals surface area contributed by atoms with Crippen molar-refractivity contribution in [2.75, 3.05) is 21.0 Å². The van der Waals surface area contributed by atoms with Gasteiger partial charge in [0, 0.05) is 25.3 Å². The Hall–Kier alpha value is -3.26. The smallest absolute Gasteiger partial charge is 0.272 e. The maximum atomic E-state index is 12.3. The third kappa shape index (κ3) is 3.34. The molecule has 7 nitrogen and oxygen atoms in total. The summed E-state index contributed by atoms with van der Waals surface area (Å²) in [4.78, 5) is 17.1. The topological polar surface area (TPSA) is 71.3 Å². The molecule has 3 aromatic rings. The second-order valence-electron chi connectivity index (χ2n) is 6.01. The van der Waals surface area contributed by atoms with Crippen molar-refractivity contribution in [2.45, 2.75) is 0 Å². The molecule has 1 amide bonds. The molecule has 0 saturated heterocycles. The van der Waals surface area contributed by atoms with Gasteiger partial charge >= 0.3 is 0 Å². The van der Waals surface area contributed by atoms with Gasteiger partial charge in [0.15, 0.2) is 27.8 Å². The summed E-state index contributed by atoms with van der Waals surface area (Å²) in [6.45, 7) is 0.229. The number of rotatable bonds is 4. The zero-order chi connectivity index (χ0) is 19.7. The van der Waals surface area contributed by atoms with E-state index in [0.717, 1.165) is 15.8 Å². The molecule has 1 aliphatic rings. The van der Waals surface area contributed by atoms with Crippen LogP contribution in [0.2, 0.25) is 0 Å². The minimum atomic E-state index is -0.350. The van der Waals surface area contributed by atoms with Gasteiger partial charge in [0.1, 0.15) is 0 Å². The lowest BCUT2D eigenvalue weighted by Crippen LogP contribution is -2.12. The van der Waals surface area contributed by atoms with Crippen molar-refractivity contribution in [3.05, 3.63) is 46.8 Å². The Morgan fingerprint density at radius 1 is 1.14 bits per heavy atom. The predicted octanol–water partition coefficient (Wildman–Crippen LogP) is 3.13. The van der Waals surface area contributed by atoms with Gasteiger partial charge in [-0.1, -0.05) is 17.4 Å². The normalized spacial score (nSPS) is 13.5. The van der Waals surface area contributed by atoms with E-state index >= 15 is 0 Å². The second kappa shape index (κ2) is 7.40. The van der Waals surface area contributed by atoms with Gasteiger partial charge in [-0.3, -0.25) is 4.79 Å². The van der Waals surface area contributed by atoms with Crippen molar-refractivity contribution in [1.82, 2.24) is 4.57 Å². The number of ether oxygens (including phenoxy) is 4. The largest absolute Gasteiger partial charge is 0.493 e. The molecule has 144 valence electrons. The number of thiazole rings is 1. The van der Waals surface area contributed by atoms with E-state index in [1.54, 1.807) is 32.4 Å². The zero-order valence-electron chi connectivity index (χ0n) is 15.6. The highest BCUT2D eigenvalue weighted by Gasteiger charge is 2.16. The molecule has 2 heterocycles. The summed E-state index contributed by atoms with van der Waals surface area (Å²) in [6.07, 6.45) is 3.12. The lowest BCUT2D eigenvalue weighted by atomic mass is 10.2. The Morgan fingerprint density at radius 3 is 2.64 bits per heavy atom. The average Bonchev–Trinajstić information content (AvgIpc) is 3.28. The summed E-state index contributed by atoms with van der Waals surface area (Å²) in [5.41, 5.74) is 1.75. The summed E-state index contributed by atoms with van der Waals surface area (Å²) < 4.78 is 24.1. The van der Waals surface area contributed by atoms with E-state index in [0.29, 0.717) is 27.8 Å². The maximum Gasteiger partial charge on any atom is 0.272 e. The van der Waals surface area contributed by atoms with Crippen LogP contribution in [-0.4, -0.2) is 31.5 Å². The minimum absolute atomic E-state index is 0.229. The van der Waals surface area contributed by atoms with Crippen molar-refractivity contribution < 1.29 is 23.7 Å². The van der Waals surface area contributed by atoms with Gasteiger partial charge in [0.05, 0.1) is 24.4 Å². The molecule has 28 heavy (non-hydrogen) atoms. The lowest BCUT2D eigenvalue weighted by Gasteiger charge is -2.07. The average molecular weight is 398 g/mol. The second-order valence-corrected chi connectivity index (χ2v) is 7.02. The van der Waals surface area contributed by atoms with E-state index in [4.69, 9.17) is 18.9 Å². The molecule has 2 aromatic carbocycles. The number of carbonyl (C=O) groups excluding carboxylic acids is 1. The van der Waals surface area contributed by atoms with E-state index in [-0.39, 0.29) is 12.7 Å². The molecule has 0 radical (unpaired) electrons. The fourth-order valence-corrected chi connectivity index (χ4v) is 3.91. The van der Waals surface area contributed by atoms with E-state index in [1.165, 1.54) is 17.4 Å². The van der Waals surface area contributed by atoms with Crippen LogP contribution in [-0.2, 0) is 11.8 Å². The molecule has 0 aliphatic carbocycles. The minimum Gasteiger partial charge on any atom is -0.493 e. The first-order valence-electron chi connectivity index (χ1n) is 8.47. The Balaban J connectivity index is 1.61. The summed E-state index contributed by atoms with van der Waals surface area (Å²) in [5.74, 6) is 2.29. The zero-order valence-corrected chi connectivity index (χ0v) is 16.4. The summed E-state index contributed by atoms with van der Waals surface area (Å²) in [6, 6.07) is 9.23. The van der Waals surface area contributed by atoms with Crippen LogP contribution in [0.3, 0.4) is 0 Å². The third-order valence-corrected chi connectivity index (χ3v) is 5.43. The number of hydrogen-bond acceptors (Lipinski definition) is 6. The molecular weight excluding hydrogens is 380 g/mol. The van der Waals surface area contributed by atoms with E-state index < -0.39 is 0 Å². The number of fused-ring (bicyclic) bond motifs is 2. The number of methoxy groups -OCH3 is 2. The first kappa shape index (κ1) is 18.1. The fourth-order valence-electron chi connectivity index (χ4n) is 2.88. The molecule has 1 aliphatic heterocycles. The van der Waals surface area contributed by atoms with Crippen LogP contribution >= 0.6 is 11.3 Å². The van der Waals surface area contributed by atoms with Crippen molar-refractivity contribution in [1.29, 1.82) is 0 Å². The number of benzene rings is 2. The molecule has 0 saturated carbocycles. The van der Waals surface area contributed by atoms with Crippen LogP contribution in [0, 0.1) is 0 Å². The highest BCUT2D eigenvalue weighted by Crippen LogP contribution is 2.36. The Bertz CT molecular complexity index is 1160. The van der Waals surface area contributed by atoms with Crippen LogP contribution in [0.1, 0.15) is 5.56 Å². The van der Waals surface area contributed by atoms with Crippen molar-refractivity contribution in [2.24, 2.45) is 12.0 Å². The van der Waals surface area contributed by atoms with Crippen molar-refractivity contribution in [3.63, 3.8) is 0 Å². The van der Waals surface area contributed by atoms with Gasteiger partial charge in [-0.15, -0.1) is 0 Å². The highest BCUT2D eigenvalue weighted by atomic mass is 32.1. The molecule has 0 bridgehead atoms. The molecule has 0 atom stereocenters. The van der Waals surface area contributed by atoms with Crippen LogP contribution in [0.15, 0.2) is 41.4 Å². The molecule has 1 aromatic heterocycles. The SMILES string of the molecule is COc1ccc(C=CC(=O)N=c2sc3cc4c(cc3n2C)OCO4)cc1OC. The van der Waals surface area contributed by atoms with Crippen LogP contribution in [0.5, 0.6) is 23.0 Å². The number of hydrogen-bond donors (Lipinski definition) is 0. The van der Waals surface area contributed by atoms with Gasteiger partial charge in [-0.25, -0.2) is 0 Å². The van der Waals surface area contributed by atoms with Crippen LogP contribution in [0.4, 0.5) is 0 Å². The molecule has 0 fully saturated rings. The number of aryl methyl sites for hydroxylation is 1. The number of carbonyl (C=O) groups is 1. The Kier molecular flexibility index (Phi) is 4.79. The first-order chi connectivity index (χ1) is 13.6. The van der Waals surface area contributed by atoms with Gasteiger partial charge < -0.3 is 23.5 Å². The summed E-state index contributed by atoms with van der Waals surface area (Å²) in [5, 5.41) is 0. The number of nitrogens with zero attached hydrogens (tertiary/aromatic N) is 2. The summed E-state index contributed by atoms with van der Waals surface area (Å²) in [7, 11) is 5.01. The standard InChI is InChI=1S/C20H18N2O5S/c1-22-13-9-16-17(27-11-26-16)10-18(13)28-20(22)21-19(23)7-5-12-4-6-14(24-2)15(8-12)25-3/h4-10H,11H2,1-3H3. The first-order valence-corrected chi connectivity index (χ1v) is 9.28. The third-order valence-electron chi connectivity index (χ3n) is 4.34. The lowest BCUT2D eigenvalue weighted by molar-refractivity contribution is -0.113. The molecule has 0 unspecified atom stereocenters. The van der Waals surface area contributed by atoms with Crippen LogP contribution < -0.4 is 23.7 Å². The number of amides is 1. The Morgan fingerprint density at radius 2 is 1.89 bits per heavy atom. The van der Waals surface area contributed by atoms with Gasteiger partial charge in [0.25, 0.3) is 5.91 Å². The molecule has 0 spiro atoms. The van der Waals surface area contributed by atoms with Crippen molar-refractivity contribution in [3.8, 4) is 23.0 Å². The molecule has 4 rings (SSSR count). The Labute approximate surface area is 165 Å². The predicted molar refractivity (Wildman–Crippen MR) is 106 cm³/mol. The quantitative estimate of drug-likeness (QED) is 0.632. The monoisotopic (exact) mass is 398 g/mol. The van der Waals surface area contributed by atoms with Gasteiger partial charge in [0.2, 0.25) is 6.79 Å². The fraction of sp³-hybridized carbons (Fsp3) is 0.200. The van der Waals surface area contributed by atoms with Gasteiger partial charge in [-0.05, 0) is 23.8 Å². The van der Waals surface area contributed by atoms with E-state index in [2.05, 4.69) is 4.99 Å². The van der Waals surface area contributed by atoms with E-state index in [1.807, 2.05) is 29.8 Å². The van der Waals surface area contributed by atoms with E-state index in [9.17, 15) is 4.79 Å². The molecule has 0 N–H and O–H groups in total. The highest BCUT2D eigenvalue weighted by molar-refractivity contribution is 7.16. The van der Waals surface area contributed by atoms with Gasteiger partial charge in [-0.2, -0.15) is 4.99 Å². The number of aromatic nitrogens is 1. The summed E-state index contributed by atoms with van der Waals surface area (Å²) >= 11 is 1.42. The van der Waals surface area contributed by atoms with Crippen molar-refractivity contribution >= 4 is 33.5 Å². The van der Waals surface area contributed by atoms with Crippen LogP contribution in [0.25, 0.3) is 16.3 Å². The maximum absolute atomic E-state index is 12.3.